The first-order valence-electron chi connectivity index (χ1n) is 6.31. The maximum absolute atomic E-state index is 10.8. The van der Waals surface area contributed by atoms with Gasteiger partial charge < -0.3 is 15.2 Å². The Morgan fingerprint density at radius 3 is 2.52 bits per heavy atom. The number of aryl methyl sites for hydroxylation is 1. The monoisotopic (exact) mass is 288 g/mol. The quantitative estimate of drug-likeness (QED) is 0.519. The van der Waals surface area contributed by atoms with Crippen molar-refractivity contribution in [1.29, 1.82) is 0 Å². The van der Waals surface area contributed by atoms with Gasteiger partial charge in [-0.2, -0.15) is 0 Å². The molecule has 110 valence electrons. The third-order valence-electron chi connectivity index (χ3n) is 3.06. The maximum atomic E-state index is 10.8. The summed E-state index contributed by atoms with van der Waals surface area (Å²) in [7, 11) is 1.51. The van der Waals surface area contributed by atoms with E-state index in [0.717, 1.165) is 5.56 Å². The van der Waals surface area contributed by atoms with Gasteiger partial charge in [0.2, 0.25) is 0 Å². The van der Waals surface area contributed by atoms with Gasteiger partial charge in [-0.05, 0) is 36.8 Å². The molecular weight excluding hydrogens is 272 g/mol. The lowest BCUT2D eigenvalue weighted by Crippen LogP contribution is -2.01. The number of nitro groups is 1. The van der Waals surface area contributed by atoms with Crippen molar-refractivity contribution in [3.05, 3.63) is 57.6 Å². The van der Waals surface area contributed by atoms with E-state index in [1.165, 1.54) is 19.2 Å². The predicted molar refractivity (Wildman–Crippen MR) is 79.6 cm³/mol. The summed E-state index contributed by atoms with van der Waals surface area (Å²) in [5.41, 5.74) is 7.86. The molecule has 2 aromatic rings. The van der Waals surface area contributed by atoms with E-state index in [-0.39, 0.29) is 12.3 Å². The van der Waals surface area contributed by atoms with E-state index in [4.69, 9.17) is 15.2 Å². The summed E-state index contributed by atoms with van der Waals surface area (Å²) in [5.74, 6) is 1.23. The van der Waals surface area contributed by atoms with E-state index in [1.807, 2.05) is 6.92 Å². The van der Waals surface area contributed by atoms with Crippen LogP contribution in [0.2, 0.25) is 0 Å². The largest absolute Gasteiger partial charge is 0.496 e. The van der Waals surface area contributed by atoms with Gasteiger partial charge in [0.25, 0.3) is 5.69 Å². The van der Waals surface area contributed by atoms with Crippen LogP contribution in [-0.2, 0) is 6.61 Å². The van der Waals surface area contributed by atoms with Crippen LogP contribution in [0, 0.1) is 17.0 Å². The molecule has 6 nitrogen and oxygen atoms in total. The number of benzene rings is 2. The molecule has 2 aromatic carbocycles. The van der Waals surface area contributed by atoms with Crippen molar-refractivity contribution in [3.8, 4) is 11.5 Å². The van der Waals surface area contributed by atoms with E-state index in [1.54, 1.807) is 24.3 Å². The molecule has 0 radical (unpaired) electrons. The Bertz CT molecular complexity index is 671. The van der Waals surface area contributed by atoms with Crippen molar-refractivity contribution in [2.75, 3.05) is 12.8 Å². The molecular formula is C15H16N2O4. The summed E-state index contributed by atoms with van der Waals surface area (Å²) in [5, 5.41) is 10.8. The number of nitro benzene ring substituents is 1. The Kier molecular flexibility index (Phi) is 4.27. The lowest BCUT2D eigenvalue weighted by atomic mass is 10.1. The fourth-order valence-corrected chi connectivity index (χ4v) is 1.98. The van der Waals surface area contributed by atoms with Crippen LogP contribution >= 0.6 is 0 Å². The summed E-state index contributed by atoms with van der Waals surface area (Å²) in [6.45, 7) is 2.06. The number of non-ortho nitro benzene ring substituents is 1. The fraction of sp³-hybridized carbons (Fsp3) is 0.200. The van der Waals surface area contributed by atoms with Crippen LogP contribution in [0.4, 0.5) is 11.4 Å². The number of ether oxygens (including phenoxy) is 2. The first kappa shape index (κ1) is 14.6. The second-order valence-electron chi connectivity index (χ2n) is 4.57. The highest BCUT2D eigenvalue weighted by molar-refractivity contribution is 5.48. The third-order valence-corrected chi connectivity index (χ3v) is 3.06. The van der Waals surface area contributed by atoms with Gasteiger partial charge in [-0.25, -0.2) is 0 Å². The van der Waals surface area contributed by atoms with Gasteiger partial charge in [0.05, 0.1) is 12.0 Å². The molecule has 0 heterocycles. The average molecular weight is 288 g/mol. The number of hydrogen-bond acceptors (Lipinski definition) is 5. The molecule has 0 saturated carbocycles. The number of nitrogen functional groups attached to an aromatic ring is 1. The Hall–Kier alpha value is -2.76. The minimum Gasteiger partial charge on any atom is -0.496 e. The van der Waals surface area contributed by atoms with Gasteiger partial charge in [0, 0.05) is 23.4 Å². The van der Waals surface area contributed by atoms with E-state index in [9.17, 15) is 10.1 Å². The second kappa shape index (κ2) is 6.13. The minimum absolute atomic E-state index is 0.00317. The molecule has 0 saturated heterocycles. The molecule has 0 aromatic heterocycles. The molecule has 0 fully saturated rings. The molecule has 0 spiro atoms. The van der Waals surface area contributed by atoms with Gasteiger partial charge in [-0.3, -0.25) is 10.1 Å². The maximum Gasteiger partial charge on any atom is 0.270 e. The molecule has 2 N–H and O–H groups in total. The molecule has 0 amide bonds. The highest BCUT2D eigenvalue weighted by atomic mass is 16.6. The number of hydrogen-bond donors (Lipinski definition) is 1. The average Bonchev–Trinajstić information content (AvgIpc) is 2.46. The van der Waals surface area contributed by atoms with Crippen molar-refractivity contribution >= 4 is 11.4 Å². The van der Waals surface area contributed by atoms with Crippen LogP contribution in [0.3, 0.4) is 0 Å². The highest BCUT2D eigenvalue weighted by Crippen LogP contribution is 2.27. The molecule has 0 aliphatic rings. The molecule has 0 unspecified atom stereocenters. The van der Waals surface area contributed by atoms with E-state index in [2.05, 4.69) is 0 Å². The second-order valence-corrected chi connectivity index (χ2v) is 4.57. The van der Waals surface area contributed by atoms with Crippen LogP contribution in [0.5, 0.6) is 11.5 Å². The lowest BCUT2D eigenvalue weighted by molar-refractivity contribution is -0.385. The predicted octanol–water partition coefficient (Wildman–Crippen LogP) is 3.07. The third kappa shape index (κ3) is 3.42. The topological polar surface area (TPSA) is 87.6 Å². The summed E-state index contributed by atoms with van der Waals surface area (Å²) >= 11 is 0. The van der Waals surface area contributed by atoms with Gasteiger partial charge in [0.1, 0.15) is 18.1 Å². The number of nitrogens with two attached hydrogens (primary N) is 1. The van der Waals surface area contributed by atoms with Crippen molar-refractivity contribution in [2.45, 2.75) is 13.5 Å². The summed E-state index contributed by atoms with van der Waals surface area (Å²) < 4.78 is 10.9. The summed E-state index contributed by atoms with van der Waals surface area (Å²) in [4.78, 5) is 10.4. The number of methoxy groups -OCH3 is 1. The number of nitrogens with zero attached hydrogens (tertiary/aromatic N) is 1. The zero-order valence-electron chi connectivity index (χ0n) is 11.8. The summed E-state index contributed by atoms with van der Waals surface area (Å²) in [6.07, 6.45) is 0. The zero-order valence-corrected chi connectivity index (χ0v) is 11.8. The van der Waals surface area contributed by atoms with Gasteiger partial charge in [-0.1, -0.05) is 0 Å². The van der Waals surface area contributed by atoms with Crippen LogP contribution < -0.4 is 15.2 Å². The number of rotatable bonds is 5. The van der Waals surface area contributed by atoms with E-state index < -0.39 is 4.92 Å². The van der Waals surface area contributed by atoms with Gasteiger partial charge >= 0.3 is 0 Å². The van der Waals surface area contributed by atoms with Crippen LogP contribution in [0.25, 0.3) is 0 Å². The molecule has 0 bridgehead atoms. The highest BCUT2D eigenvalue weighted by Gasteiger charge is 2.12. The fourth-order valence-electron chi connectivity index (χ4n) is 1.98. The molecule has 0 atom stereocenters. The Balaban J connectivity index is 2.22. The molecule has 0 aliphatic heterocycles. The normalized spacial score (nSPS) is 10.2. The molecule has 2 rings (SSSR count). The van der Waals surface area contributed by atoms with E-state index >= 15 is 0 Å². The number of anilines is 1. The van der Waals surface area contributed by atoms with Gasteiger partial charge in [-0.15, -0.1) is 0 Å². The van der Waals surface area contributed by atoms with Crippen LogP contribution in [-0.4, -0.2) is 12.0 Å². The van der Waals surface area contributed by atoms with E-state index in [0.29, 0.717) is 22.7 Å². The SMILES string of the molecule is COc1ccc([N+](=O)[O-])cc1COc1ccc(N)cc1C. The lowest BCUT2D eigenvalue weighted by Gasteiger charge is -2.12. The Labute approximate surface area is 122 Å². The van der Waals surface area contributed by atoms with Crippen molar-refractivity contribution in [2.24, 2.45) is 0 Å². The first-order valence-corrected chi connectivity index (χ1v) is 6.31. The minimum atomic E-state index is -0.447. The first-order chi connectivity index (χ1) is 10.0. The van der Waals surface area contributed by atoms with Crippen molar-refractivity contribution in [3.63, 3.8) is 0 Å². The van der Waals surface area contributed by atoms with Crippen molar-refractivity contribution < 1.29 is 14.4 Å². The van der Waals surface area contributed by atoms with Gasteiger partial charge in [0.15, 0.2) is 0 Å². The molecule has 21 heavy (non-hydrogen) atoms. The smallest absolute Gasteiger partial charge is 0.270 e. The standard InChI is InChI=1S/C15H16N2O4/c1-10-7-12(16)3-5-14(10)21-9-11-8-13(17(18)19)4-6-15(11)20-2/h3-8H,9,16H2,1-2H3. The van der Waals surface area contributed by atoms with Crippen LogP contribution in [0.15, 0.2) is 36.4 Å². The Morgan fingerprint density at radius 1 is 1.19 bits per heavy atom. The molecule has 0 aliphatic carbocycles. The van der Waals surface area contributed by atoms with Crippen molar-refractivity contribution in [1.82, 2.24) is 0 Å². The molecule has 6 heteroatoms. The zero-order chi connectivity index (χ0) is 15.4. The summed E-state index contributed by atoms with van der Waals surface area (Å²) in [6, 6.07) is 9.73. The Morgan fingerprint density at radius 2 is 1.90 bits per heavy atom. The van der Waals surface area contributed by atoms with Crippen LogP contribution in [0.1, 0.15) is 11.1 Å².